The van der Waals surface area contributed by atoms with Crippen LogP contribution in [0.4, 0.5) is 0 Å². The fourth-order valence-corrected chi connectivity index (χ4v) is 2.30. The molecule has 3 N–H and O–H groups in total. The van der Waals surface area contributed by atoms with E-state index < -0.39 is 0 Å². The molecule has 130 valence electrons. The number of aryl methyl sites for hydroxylation is 2. The van der Waals surface area contributed by atoms with Crippen molar-refractivity contribution < 1.29 is 4.79 Å². The number of rotatable bonds is 5. The molecule has 1 unspecified atom stereocenters. The topological polar surface area (TPSA) is 98.2 Å². The van der Waals surface area contributed by atoms with E-state index in [9.17, 15) is 4.79 Å². The van der Waals surface area contributed by atoms with Gasteiger partial charge in [-0.2, -0.15) is 4.98 Å². The Balaban J connectivity index is 0.00000242. The number of hydrogen-bond donors (Lipinski definition) is 2. The quantitative estimate of drug-likeness (QED) is 0.842. The molecule has 2 aromatic heterocycles. The summed E-state index contributed by atoms with van der Waals surface area (Å²) in [4.78, 5) is 20.7. The zero-order valence-electron chi connectivity index (χ0n) is 13.7. The van der Waals surface area contributed by atoms with E-state index in [-0.39, 0.29) is 42.6 Å². The number of nitrogens with one attached hydrogen (secondary N) is 1. The molecule has 2 rings (SSSR count). The summed E-state index contributed by atoms with van der Waals surface area (Å²) < 4.78 is 1.57. The van der Waals surface area contributed by atoms with Gasteiger partial charge in [0, 0.05) is 24.0 Å². The second-order valence-corrected chi connectivity index (χ2v) is 5.72. The zero-order chi connectivity index (χ0) is 15.6. The maximum absolute atomic E-state index is 12.2. The molecule has 2 heterocycles. The van der Waals surface area contributed by atoms with Crippen LogP contribution in [0.3, 0.4) is 0 Å². The third kappa shape index (κ3) is 5.30. The van der Waals surface area contributed by atoms with Crippen molar-refractivity contribution in [2.45, 2.75) is 40.2 Å². The monoisotopic (exact) mass is 362 g/mol. The molecular weight excluding hydrogens is 339 g/mol. The molecule has 23 heavy (non-hydrogen) atoms. The average Bonchev–Trinajstić information content (AvgIpc) is 2.81. The van der Waals surface area contributed by atoms with Crippen LogP contribution in [0.15, 0.2) is 6.07 Å². The van der Waals surface area contributed by atoms with Crippen LogP contribution in [0, 0.1) is 19.8 Å². The Labute approximate surface area is 148 Å². The van der Waals surface area contributed by atoms with E-state index in [2.05, 4.69) is 34.2 Å². The van der Waals surface area contributed by atoms with E-state index in [0.717, 1.165) is 17.8 Å². The van der Waals surface area contributed by atoms with Crippen molar-refractivity contribution in [2.24, 2.45) is 11.7 Å². The predicted octanol–water partition coefficient (Wildman–Crippen LogP) is 1.69. The Morgan fingerprint density at radius 2 is 1.96 bits per heavy atom. The summed E-state index contributed by atoms with van der Waals surface area (Å²) in [5, 5.41) is 7.09. The molecule has 0 bridgehead atoms. The van der Waals surface area contributed by atoms with Gasteiger partial charge in [-0.3, -0.25) is 4.79 Å². The van der Waals surface area contributed by atoms with Crippen molar-refractivity contribution in [1.82, 2.24) is 24.9 Å². The number of nitrogens with two attached hydrogens (primary N) is 1. The lowest BCUT2D eigenvalue weighted by atomic mass is 10.0. The molecule has 9 heteroatoms. The first kappa shape index (κ1) is 21.6. The zero-order valence-corrected chi connectivity index (χ0v) is 15.4. The third-order valence-electron chi connectivity index (χ3n) is 3.20. The van der Waals surface area contributed by atoms with Crippen molar-refractivity contribution in [1.29, 1.82) is 0 Å². The number of aromatic nitrogens is 4. The van der Waals surface area contributed by atoms with E-state index in [1.54, 1.807) is 4.52 Å². The average molecular weight is 363 g/mol. The summed E-state index contributed by atoms with van der Waals surface area (Å²) in [7, 11) is 0. The first-order chi connectivity index (χ1) is 9.90. The lowest BCUT2D eigenvalue weighted by molar-refractivity contribution is 0.0923. The lowest BCUT2D eigenvalue weighted by Crippen LogP contribution is -2.41. The summed E-state index contributed by atoms with van der Waals surface area (Å²) in [5.74, 6) is 0.706. The molecular formula is C14H24Cl2N6O. The highest BCUT2D eigenvalue weighted by atomic mass is 35.5. The number of amides is 1. The van der Waals surface area contributed by atoms with Crippen LogP contribution in [0.25, 0.3) is 5.78 Å². The SMILES string of the molecule is Cc1cc(C)n2nc(C(=O)NC(CN)CC(C)C)nc2n1.Cl.Cl. The first-order valence-electron chi connectivity index (χ1n) is 7.12. The minimum absolute atomic E-state index is 0. The number of carbonyl (C=O) groups is 1. The van der Waals surface area contributed by atoms with E-state index >= 15 is 0 Å². The van der Waals surface area contributed by atoms with Crippen molar-refractivity contribution in [3.63, 3.8) is 0 Å². The third-order valence-corrected chi connectivity index (χ3v) is 3.20. The van der Waals surface area contributed by atoms with Crippen LogP contribution >= 0.6 is 24.8 Å². The van der Waals surface area contributed by atoms with Crippen LogP contribution < -0.4 is 11.1 Å². The van der Waals surface area contributed by atoms with Gasteiger partial charge in [-0.15, -0.1) is 29.9 Å². The highest BCUT2D eigenvalue weighted by molar-refractivity contribution is 5.91. The van der Waals surface area contributed by atoms with Crippen LogP contribution in [-0.2, 0) is 0 Å². The van der Waals surface area contributed by atoms with Gasteiger partial charge in [0.1, 0.15) is 0 Å². The van der Waals surface area contributed by atoms with Gasteiger partial charge in [-0.1, -0.05) is 13.8 Å². The highest BCUT2D eigenvalue weighted by Crippen LogP contribution is 2.07. The van der Waals surface area contributed by atoms with E-state index in [4.69, 9.17) is 5.73 Å². The molecule has 7 nitrogen and oxygen atoms in total. The van der Waals surface area contributed by atoms with Crippen LogP contribution in [-0.4, -0.2) is 38.1 Å². The number of nitrogens with zero attached hydrogens (tertiary/aromatic N) is 4. The van der Waals surface area contributed by atoms with Gasteiger partial charge in [-0.05, 0) is 32.3 Å². The summed E-state index contributed by atoms with van der Waals surface area (Å²) in [6.07, 6.45) is 0.825. The summed E-state index contributed by atoms with van der Waals surface area (Å²) in [5.41, 5.74) is 7.43. The number of fused-ring (bicyclic) bond motifs is 1. The minimum Gasteiger partial charge on any atom is -0.345 e. The molecule has 0 aromatic carbocycles. The number of carbonyl (C=O) groups excluding carboxylic acids is 1. The highest BCUT2D eigenvalue weighted by Gasteiger charge is 2.18. The van der Waals surface area contributed by atoms with Crippen LogP contribution in [0.5, 0.6) is 0 Å². The normalized spacial score (nSPS) is 11.7. The standard InChI is InChI=1S/C14H22N6O.2ClH/c1-8(2)5-11(7-15)17-13(21)12-18-14-16-9(3)6-10(4)20(14)19-12;;/h6,8,11H,5,7,15H2,1-4H3,(H,17,21);2*1H. The summed E-state index contributed by atoms with van der Waals surface area (Å²) in [6, 6.07) is 1.82. The predicted molar refractivity (Wildman–Crippen MR) is 94.5 cm³/mol. The Bertz CT molecular complexity index is 658. The van der Waals surface area contributed by atoms with Gasteiger partial charge in [-0.25, -0.2) is 9.50 Å². The molecule has 0 saturated heterocycles. The molecule has 0 aliphatic carbocycles. The molecule has 0 radical (unpaired) electrons. The molecule has 0 aliphatic heterocycles. The molecule has 1 amide bonds. The van der Waals surface area contributed by atoms with E-state index in [1.165, 1.54) is 0 Å². The van der Waals surface area contributed by atoms with Gasteiger partial charge in [0.25, 0.3) is 11.7 Å². The van der Waals surface area contributed by atoms with Gasteiger partial charge < -0.3 is 11.1 Å². The van der Waals surface area contributed by atoms with E-state index in [1.807, 2.05) is 19.9 Å². The smallest absolute Gasteiger partial charge is 0.291 e. The summed E-state index contributed by atoms with van der Waals surface area (Å²) >= 11 is 0. The largest absolute Gasteiger partial charge is 0.345 e. The van der Waals surface area contributed by atoms with Crippen molar-refractivity contribution >= 4 is 36.5 Å². The molecule has 0 aliphatic rings. The maximum atomic E-state index is 12.2. The molecule has 0 spiro atoms. The maximum Gasteiger partial charge on any atom is 0.291 e. The fourth-order valence-electron chi connectivity index (χ4n) is 2.30. The second-order valence-electron chi connectivity index (χ2n) is 5.72. The van der Waals surface area contributed by atoms with E-state index in [0.29, 0.717) is 18.2 Å². The lowest BCUT2D eigenvalue weighted by Gasteiger charge is -2.17. The van der Waals surface area contributed by atoms with Gasteiger partial charge in [0.2, 0.25) is 5.82 Å². The first-order valence-corrected chi connectivity index (χ1v) is 7.12. The van der Waals surface area contributed by atoms with Gasteiger partial charge in [0.15, 0.2) is 0 Å². The molecule has 0 saturated carbocycles. The second kappa shape index (κ2) is 9.00. The number of hydrogen-bond acceptors (Lipinski definition) is 5. The van der Waals surface area contributed by atoms with Crippen molar-refractivity contribution in [2.75, 3.05) is 6.54 Å². The minimum atomic E-state index is -0.311. The number of halogens is 2. The van der Waals surface area contributed by atoms with Crippen molar-refractivity contribution in [3.05, 3.63) is 23.3 Å². The fraction of sp³-hybridized carbons (Fsp3) is 0.571. The van der Waals surface area contributed by atoms with Crippen LogP contribution in [0.2, 0.25) is 0 Å². The Morgan fingerprint density at radius 1 is 1.30 bits per heavy atom. The Hall–Kier alpha value is -1.44. The Kier molecular flexibility index (Phi) is 8.44. The Morgan fingerprint density at radius 3 is 2.52 bits per heavy atom. The molecule has 0 fully saturated rings. The van der Waals surface area contributed by atoms with Gasteiger partial charge >= 0.3 is 0 Å². The van der Waals surface area contributed by atoms with Crippen molar-refractivity contribution in [3.8, 4) is 0 Å². The van der Waals surface area contributed by atoms with Crippen LogP contribution in [0.1, 0.15) is 42.3 Å². The summed E-state index contributed by atoms with van der Waals surface area (Å²) in [6.45, 7) is 8.36. The molecule has 2 aromatic rings. The molecule has 1 atom stereocenters. The van der Waals surface area contributed by atoms with Gasteiger partial charge in [0.05, 0.1) is 0 Å².